The highest BCUT2D eigenvalue weighted by Crippen LogP contribution is 2.31. The van der Waals surface area contributed by atoms with Crippen LogP contribution in [0.4, 0.5) is 0 Å². The number of hydrogen-bond donors (Lipinski definition) is 0. The van der Waals surface area contributed by atoms with E-state index in [1.807, 2.05) is 6.92 Å². The monoisotopic (exact) mass is 284 g/mol. The quantitative estimate of drug-likeness (QED) is 0.281. The van der Waals surface area contributed by atoms with E-state index >= 15 is 0 Å². The lowest BCUT2D eigenvalue weighted by Gasteiger charge is -2.02. The van der Waals surface area contributed by atoms with Crippen molar-refractivity contribution >= 4 is 5.97 Å². The summed E-state index contributed by atoms with van der Waals surface area (Å²) in [4.78, 5) is 11.3. The van der Waals surface area contributed by atoms with Gasteiger partial charge in [0.2, 0.25) is 0 Å². The summed E-state index contributed by atoms with van der Waals surface area (Å²) in [7, 11) is 0. The van der Waals surface area contributed by atoms with Gasteiger partial charge in [-0.1, -0.05) is 52.4 Å². The van der Waals surface area contributed by atoms with E-state index in [1.165, 1.54) is 44.9 Å². The predicted octanol–water partition coefficient (Wildman–Crippen LogP) is 4.63. The van der Waals surface area contributed by atoms with Crippen molar-refractivity contribution in [2.45, 2.75) is 96.7 Å². The minimum Gasteiger partial charge on any atom is -0.466 e. The van der Waals surface area contributed by atoms with Crippen molar-refractivity contribution in [3.63, 3.8) is 0 Å². The third-order valence-electron chi connectivity index (χ3n) is 3.87. The summed E-state index contributed by atoms with van der Waals surface area (Å²) in [5.74, 6) is -0.0386. The molecule has 0 radical (unpaired) electrons. The minimum absolute atomic E-state index is 0.0386. The first kappa shape index (κ1) is 17.5. The summed E-state index contributed by atoms with van der Waals surface area (Å²) in [6.45, 7) is 4.82. The average molecular weight is 284 g/mol. The molecule has 0 bridgehead atoms. The van der Waals surface area contributed by atoms with E-state index < -0.39 is 0 Å². The van der Waals surface area contributed by atoms with Crippen molar-refractivity contribution in [1.29, 1.82) is 0 Å². The number of esters is 1. The van der Waals surface area contributed by atoms with Gasteiger partial charge in [-0.05, 0) is 25.7 Å². The van der Waals surface area contributed by atoms with Crippen LogP contribution in [0.2, 0.25) is 0 Å². The molecule has 1 aliphatic rings. The van der Waals surface area contributed by atoms with Gasteiger partial charge in [-0.3, -0.25) is 4.79 Å². The Morgan fingerprint density at radius 1 is 0.900 bits per heavy atom. The van der Waals surface area contributed by atoms with Gasteiger partial charge in [0.05, 0.1) is 18.8 Å². The van der Waals surface area contributed by atoms with Gasteiger partial charge in [0, 0.05) is 6.42 Å². The van der Waals surface area contributed by atoms with Crippen molar-refractivity contribution < 1.29 is 14.3 Å². The molecule has 2 atom stereocenters. The zero-order valence-corrected chi connectivity index (χ0v) is 13.4. The van der Waals surface area contributed by atoms with E-state index in [0.29, 0.717) is 25.2 Å². The molecule has 0 aromatic heterocycles. The molecule has 20 heavy (non-hydrogen) atoms. The van der Waals surface area contributed by atoms with Gasteiger partial charge < -0.3 is 9.47 Å². The van der Waals surface area contributed by atoms with Crippen molar-refractivity contribution in [3.05, 3.63) is 0 Å². The topological polar surface area (TPSA) is 38.8 Å². The Kier molecular flexibility index (Phi) is 9.73. The fraction of sp³-hybridized carbons (Fsp3) is 0.941. The fourth-order valence-corrected chi connectivity index (χ4v) is 2.54. The Hall–Kier alpha value is -0.570. The summed E-state index contributed by atoms with van der Waals surface area (Å²) in [6.07, 6.45) is 13.5. The second-order valence-corrected chi connectivity index (χ2v) is 5.88. The lowest BCUT2D eigenvalue weighted by molar-refractivity contribution is -0.143. The molecule has 0 aliphatic carbocycles. The Morgan fingerprint density at radius 2 is 1.55 bits per heavy atom. The molecule has 3 nitrogen and oxygen atoms in total. The highest BCUT2D eigenvalue weighted by Gasteiger charge is 2.36. The Morgan fingerprint density at radius 3 is 2.15 bits per heavy atom. The minimum atomic E-state index is -0.0386. The number of hydrogen-bond acceptors (Lipinski definition) is 3. The zero-order valence-electron chi connectivity index (χ0n) is 13.4. The van der Waals surface area contributed by atoms with Gasteiger partial charge in [0.25, 0.3) is 0 Å². The molecular weight excluding hydrogens is 252 g/mol. The molecule has 1 aliphatic heterocycles. The Labute approximate surface area is 124 Å². The van der Waals surface area contributed by atoms with Crippen LogP contribution in [0.3, 0.4) is 0 Å². The number of unbranched alkanes of at least 4 members (excludes halogenated alkanes) is 5. The summed E-state index contributed by atoms with van der Waals surface area (Å²) in [6, 6.07) is 0. The normalized spacial score (nSPS) is 20.9. The zero-order chi connectivity index (χ0) is 14.6. The van der Waals surface area contributed by atoms with Crippen LogP contribution >= 0.6 is 0 Å². The lowest BCUT2D eigenvalue weighted by Crippen LogP contribution is -2.04. The smallest absolute Gasteiger partial charge is 0.305 e. The maximum atomic E-state index is 11.3. The molecule has 1 heterocycles. The van der Waals surface area contributed by atoms with Crippen LogP contribution in [-0.4, -0.2) is 24.8 Å². The van der Waals surface area contributed by atoms with Crippen LogP contribution in [0, 0.1) is 0 Å². The fourth-order valence-electron chi connectivity index (χ4n) is 2.54. The van der Waals surface area contributed by atoms with E-state index in [4.69, 9.17) is 9.47 Å². The first-order valence-electron chi connectivity index (χ1n) is 8.59. The van der Waals surface area contributed by atoms with Crippen molar-refractivity contribution in [1.82, 2.24) is 0 Å². The second-order valence-electron chi connectivity index (χ2n) is 5.88. The van der Waals surface area contributed by atoms with E-state index in [2.05, 4.69) is 6.92 Å². The summed E-state index contributed by atoms with van der Waals surface area (Å²) < 4.78 is 10.7. The van der Waals surface area contributed by atoms with Crippen LogP contribution in [0.15, 0.2) is 0 Å². The maximum Gasteiger partial charge on any atom is 0.305 e. The molecule has 0 N–H and O–H groups in total. The van der Waals surface area contributed by atoms with Crippen molar-refractivity contribution in [2.75, 3.05) is 6.61 Å². The van der Waals surface area contributed by atoms with Gasteiger partial charge in [-0.2, -0.15) is 0 Å². The van der Waals surface area contributed by atoms with Gasteiger partial charge >= 0.3 is 5.97 Å². The summed E-state index contributed by atoms with van der Waals surface area (Å²) in [5, 5.41) is 0. The van der Waals surface area contributed by atoms with Crippen LogP contribution in [0.5, 0.6) is 0 Å². The SMILES string of the molecule is CCCCCCC1OC1CCCCCC(=O)OCCC. The summed E-state index contributed by atoms with van der Waals surface area (Å²) >= 11 is 0. The average Bonchev–Trinajstić information content (AvgIpc) is 3.19. The van der Waals surface area contributed by atoms with Crippen LogP contribution in [-0.2, 0) is 14.3 Å². The molecule has 1 saturated heterocycles. The molecule has 0 amide bonds. The number of ether oxygens (including phenoxy) is 2. The molecule has 0 spiro atoms. The molecular formula is C17H32O3. The second kappa shape index (κ2) is 11.1. The number of carbonyl (C=O) groups is 1. The lowest BCUT2D eigenvalue weighted by atomic mass is 10.1. The van der Waals surface area contributed by atoms with Gasteiger partial charge in [-0.15, -0.1) is 0 Å². The number of carbonyl (C=O) groups excluding carboxylic acids is 1. The van der Waals surface area contributed by atoms with Crippen molar-refractivity contribution in [2.24, 2.45) is 0 Å². The van der Waals surface area contributed by atoms with Crippen molar-refractivity contribution in [3.8, 4) is 0 Å². The molecule has 3 heteroatoms. The Bertz CT molecular complexity index is 253. The maximum absolute atomic E-state index is 11.3. The largest absolute Gasteiger partial charge is 0.466 e. The third-order valence-corrected chi connectivity index (χ3v) is 3.87. The predicted molar refractivity (Wildman–Crippen MR) is 81.8 cm³/mol. The molecule has 0 aromatic carbocycles. The standard InChI is InChI=1S/C17H32O3/c1-3-5-6-8-11-15-16(20-15)12-9-7-10-13-17(18)19-14-4-2/h15-16H,3-14H2,1-2H3. The van der Waals surface area contributed by atoms with Crippen LogP contribution in [0.1, 0.15) is 84.5 Å². The molecule has 1 fully saturated rings. The van der Waals surface area contributed by atoms with Gasteiger partial charge in [0.1, 0.15) is 0 Å². The van der Waals surface area contributed by atoms with Gasteiger partial charge in [-0.25, -0.2) is 0 Å². The summed E-state index contributed by atoms with van der Waals surface area (Å²) in [5.41, 5.74) is 0. The van der Waals surface area contributed by atoms with E-state index in [1.54, 1.807) is 0 Å². The van der Waals surface area contributed by atoms with Gasteiger partial charge in [0.15, 0.2) is 0 Å². The highest BCUT2D eigenvalue weighted by atomic mass is 16.6. The van der Waals surface area contributed by atoms with E-state index in [9.17, 15) is 4.79 Å². The van der Waals surface area contributed by atoms with E-state index in [-0.39, 0.29) is 5.97 Å². The Balaban J connectivity index is 1.83. The molecule has 118 valence electrons. The molecule has 0 aromatic rings. The molecule has 2 unspecified atom stereocenters. The number of rotatable bonds is 13. The molecule has 0 saturated carbocycles. The first-order valence-corrected chi connectivity index (χ1v) is 8.59. The van der Waals surface area contributed by atoms with Crippen LogP contribution < -0.4 is 0 Å². The van der Waals surface area contributed by atoms with E-state index in [0.717, 1.165) is 19.3 Å². The third kappa shape index (κ3) is 8.57. The molecule has 1 rings (SSSR count). The highest BCUT2D eigenvalue weighted by molar-refractivity contribution is 5.69. The van der Waals surface area contributed by atoms with Crippen LogP contribution in [0.25, 0.3) is 0 Å². The number of epoxide rings is 1. The first-order chi connectivity index (χ1) is 9.77.